The summed E-state index contributed by atoms with van der Waals surface area (Å²) in [5.74, 6) is -0.0939. The van der Waals surface area contributed by atoms with Crippen LogP contribution in [-0.4, -0.2) is 38.1 Å². The Kier molecular flexibility index (Phi) is 4.86. The van der Waals surface area contributed by atoms with E-state index in [1.807, 2.05) is 0 Å². The van der Waals surface area contributed by atoms with Gasteiger partial charge in [-0.15, -0.1) is 0 Å². The highest BCUT2D eigenvalue weighted by atomic mass is 28.4. The lowest BCUT2D eigenvalue weighted by atomic mass is 9.79. The summed E-state index contributed by atoms with van der Waals surface area (Å²) < 4.78 is 6.18. The molecule has 0 spiro atoms. The minimum Gasteiger partial charge on any atom is -0.416 e. The number of β-lactam (4-membered cyclic amide) rings is 1. The van der Waals surface area contributed by atoms with Crippen LogP contribution in [0.1, 0.15) is 34.6 Å². The third kappa shape index (κ3) is 3.58. The first-order chi connectivity index (χ1) is 8.47. The molecule has 1 heterocycles. The molecule has 19 heavy (non-hydrogen) atoms. The molecule has 1 saturated heterocycles. The SMILES string of the molecule is C[C@@H](O)[C@H]1C(=O)N[C@H]1[C@@H](C)CO[Si](C)(C)C(C)(C)C. The highest BCUT2D eigenvalue weighted by Gasteiger charge is 2.46. The van der Waals surface area contributed by atoms with Crippen LogP contribution in [0.15, 0.2) is 0 Å². The van der Waals surface area contributed by atoms with Gasteiger partial charge in [0.25, 0.3) is 0 Å². The predicted octanol–water partition coefficient (Wildman–Crippen LogP) is 2.14. The van der Waals surface area contributed by atoms with Gasteiger partial charge in [0.15, 0.2) is 8.32 Å². The molecule has 0 bridgehead atoms. The van der Waals surface area contributed by atoms with Crippen LogP contribution in [0, 0.1) is 11.8 Å². The summed E-state index contributed by atoms with van der Waals surface area (Å²) in [6.07, 6.45) is -0.589. The van der Waals surface area contributed by atoms with Crippen molar-refractivity contribution in [1.82, 2.24) is 5.32 Å². The van der Waals surface area contributed by atoms with Gasteiger partial charge in [-0.25, -0.2) is 0 Å². The maximum absolute atomic E-state index is 11.4. The number of hydrogen-bond donors (Lipinski definition) is 2. The van der Waals surface area contributed by atoms with E-state index in [2.05, 4.69) is 46.1 Å². The molecule has 1 aliphatic rings. The van der Waals surface area contributed by atoms with E-state index in [1.165, 1.54) is 0 Å². The van der Waals surface area contributed by atoms with Gasteiger partial charge in [0.05, 0.1) is 12.0 Å². The molecular weight excluding hydrogens is 258 g/mol. The van der Waals surface area contributed by atoms with Gasteiger partial charge in [0.1, 0.15) is 0 Å². The van der Waals surface area contributed by atoms with Gasteiger partial charge in [0, 0.05) is 12.6 Å². The van der Waals surface area contributed by atoms with Crippen LogP contribution in [0.2, 0.25) is 18.1 Å². The van der Waals surface area contributed by atoms with E-state index in [9.17, 15) is 9.90 Å². The van der Waals surface area contributed by atoms with Gasteiger partial charge >= 0.3 is 0 Å². The molecule has 0 aromatic heterocycles. The van der Waals surface area contributed by atoms with Gasteiger partial charge < -0.3 is 14.8 Å². The molecule has 1 amide bonds. The lowest BCUT2D eigenvalue weighted by Crippen LogP contribution is -2.65. The van der Waals surface area contributed by atoms with E-state index in [-0.39, 0.29) is 28.8 Å². The summed E-state index contributed by atoms with van der Waals surface area (Å²) >= 11 is 0. The first-order valence-corrected chi connectivity index (χ1v) is 10.0. The van der Waals surface area contributed by atoms with Crippen LogP contribution >= 0.6 is 0 Å². The molecule has 112 valence electrons. The van der Waals surface area contributed by atoms with Crippen LogP contribution in [0.25, 0.3) is 0 Å². The third-order valence-corrected chi connectivity index (χ3v) is 9.15. The fraction of sp³-hybridized carbons (Fsp3) is 0.929. The molecule has 0 saturated carbocycles. The minimum atomic E-state index is -1.74. The van der Waals surface area contributed by atoms with Crippen LogP contribution in [0.5, 0.6) is 0 Å². The Morgan fingerprint density at radius 1 is 1.37 bits per heavy atom. The molecule has 0 radical (unpaired) electrons. The zero-order valence-electron chi connectivity index (χ0n) is 13.3. The number of carbonyl (C=O) groups is 1. The summed E-state index contributed by atoms with van der Waals surface area (Å²) in [5, 5.41) is 12.7. The molecule has 2 N–H and O–H groups in total. The van der Waals surface area contributed by atoms with Crippen LogP contribution in [0.4, 0.5) is 0 Å². The number of rotatable bonds is 5. The molecule has 5 heteroatoms. The number of hydrogen-bond acceptors (Lipinski definition) is 3. The lowest BCUT2D eigenvalue weighted by Gasteiger charge is -2.44. The lowest BCUT2D eigenvalue weighted by molar-refractivity contribution is -0.143. The second-order valence-corrected chi connectivity index (χ2v) is 12.2. The quantitative estimate of drug-likeness (QED) is 0.601. The Morgan fingerprint density at radius 2 is 1.89 bits per heavy atom. The number of nitrogens with one attached hydrogen (secondary N) is 1. The molecule has 0 aliphatic carbocycles. The zero-order valence-corrected chi connectivity index (χ0v) is 14.3. The molecule has 1 aliphatic heterocycles. The standard InChI is InChI=1S/C14H29NO3Si/c1-9(8-18-19(6,7)14(3,4)5)12-11(10(2)16)13(17)15-12/h9-12,16H,8H2,1-7H3,(H,15,17)/t9-,10+,11+,12-/m0/s1. The summed E-state index contributed by atoms with van der Waals surface area (Å²) in [6.45, 7) is 15.5. The van der Waals surface area contributed by atoms with Crippen LogP contribution in [-0.2, 0) is 9.22 Å². The molecule has 0 unspecified atom stereocenters. The van der Waals surface area contributed by atoms with Crippen molar-refractivity contribution in [2.45, 2.75) is 64.9 Å². The van der Waals surface area contributed by atoms with Crippen LogP contribution < -0.4 is 5.32 Å². The summed E-state index contributed by atoms with van der Waals surface area (Å²) in [4.78, 5) is 11.4. The normalized spacial score (nSPS) is 27.5. The van der Waals surface area contributed by atoms with Gasteiger partial charge in [-0.2, -0.15) is 0 Å². The Morgan fingerprint density at radius 3 is 2.26 bits per heavy atom. The topological polar surface area (TPSA) is 58.6 Å². The maximum Gasteiger partial charge on any atom is 0.228 e. The van der Waals surface area contributed by atoms with E-state index < -0.39 is 14.4 Å². The van der Waals surface area contributed by atoms with Crippen molar-refractivity contribution in [2.75, 3.05) is 6.61 Å². The maximum atomic E-state index is 11.4. The first kappa shape index (κ1) is 16.7. The van der Waals surface area contributed by atoms with Gasteiger partial charge in [0.2, 0.25) is 5.91 Å². The summed E-state index contributed by atoms with van der Waals surface area (Å²) in [5.41, 5.74) is 0. The van der Waals surface area contributed by atoms with Gasteiger partial charge in [-0.3, -0.25) is 4.79 Å². The minimum absolute atomic E-state index is 0.0391. The Balaban J connectivity index is 2.53. The fourth-order valence-corrected chi connectivity index (χ4v) is 3.20. The average Bonchev–Trinajstić information content (AvgIpc) is 2.19. The zero-order chi connectivity index (χ0) is 15.0. The highest BCUT2D eigenvalue weighted by molar-refractivity contribution is 6.74. The molecule has 1 rings (SSSR count). The van der Waals surface area contributed by atoms with Crippen LogP contribution in [0.3, 0.4) is 0 Å². The smallest absolute Gasteiger partial charge is 0.228 e. The van der Waals surface area contributed by atoms with Crippen molar-refractivity contribution < 1.29 is 14.3 Å². The molecule has 1 fully saturated rings. The molecule has 4 nitrogen and oxygen atoms in total. The number of amides is 1. The average molecular weight is 287 g/mol. The molecule has 0 aromatic rings. The number of aliphatic hydroxyl groups excluding tert-OH is 1. The highest BCUT2D eigenvalue weighted by Crippen LogP contribution is 2.37. The second kappa shape index (κ2) is 5.54. The van der Waals surface area contributed by atoms with Crippen molar-refractivity contribution in [1.29, 1.82) is 0 Å². The van der Waals surface area contributed by atoms with E-state index in [1.54, 1.807) is 6.92 Å². The first-order valence-electron chi connectivity index (χ1n) is 7.10. The Hall–Kier alpha value is -0.393. The van der Waals surface area contributed by atoms with E-state index >= 15 is 0 Å². The third-order valence-electron chi connectivity index (χ3n) is 4.64. The summed E-state index contributed by atoms with van der Waals surface area (Å²) in [6, 6.07) is 0.0391. The van der Waals surface area contributed by atoms with Crippen molar-refractivity contribution in [3.8, 4) is 0 Å². The predicted molar refractivity (Wildman–Crippen MR) is 79.4 cm³/mol. The fourth-order valence-electron chi connectivity index (χ4n) is 2.09. The van der Waals surface area contributed by atoms with Crippen molar-refractivity contribution in [3.05, 3.63) is 0 Å². The van der Waals surface area contributed by atoms with E-state index in [4.69, 9.17) is 4.43 Å². The Labute approximate surface area is 118 Å². The monoisotopic (exact) mass is 287 g/mol. The molecule has 4 atom stereocenters. The second-order valence-electron chi connectivity index (χ2n) is 7.35. The Bertz CT molecular complexity index is 336. The number of aliphatic hydroxyl groups is 1. The molecule has 0 aromatic carbocycles. The largest absolute Gasteiger partial charge is 0.416 e. The molecular formula is C14H29NO3Si. The van der Waals surface area contributed by atoms with Crippen molar-refractivity contribution in [3.63, 3.8) is 0 Å². The van der Waals surface area contributed by atoms with Gasteiger partial charge in [-0.1, -0.05) is 27.7 Å². The van der Waals surface area contributed by atoms with E-state index in [0.29, 0.717) is 6.61 Å². The number of carbonyl (C=O) groups excluding carboxylic acids is 1. The van der Waals surface area contributed by atoms with Crippen molar-refractivity contribution in [2.24, 2.45) is 11.8 Å². The summed E-state index contributed by atoms with van der Waals surface area (Å²) in [7, 11) is -1.74. The van der Waals surface area contributed by atoms with E-state index in [0.717, 1.165) is 0 Å². The van der Waals surface area contributed by atoms with Crippen molar-refractivity contribution >= 4 is 14.2 Å². The van der Waals surface area contributed by atoms with Gasteiger partial charge in [-0.05, 0) is 31.0 Å².